The maximum Gasteiger partial charge on any atom is 0.0737 e. The van der Waals surface area contributed by atoms with E-state index in [1.165, 1.54) is 5.56 Å². The van der Waals surface area contributed by atoms with E-state index in [9.17, 15) is 0 Å². The summed E-state index contributed by atoms with van der Waals surface area (Å²) in [7, 11) is 0. The largest absolute Gasteiger partial charge is 0.384 e. The Hall–Kier alpha value is -2.66. The van der Waals surface area contributed by atoms with Crippen molar-refractivity contribution in [3.05, 3.63) is 100 Å². The molecule has 0 radical (unpaired) electrons. The van der Waals surface area contributed by atoms with Gasteiger partial charge in [0.2, 0.25) is 0 Å². The highest BCUT2D eigenvalue weighted by atomic mass is 35.5. The zero-order valence-corrected chi connectivity index (χ0v) is 19.3. The number of halogens is 2. The highest BCUT2D eigenvalue weighted by molar-refractivity contribution is 6.31. The van der Waals surface area contributed by atoms with Crippen LogP contribution in [-0.2, 0) is 0 Å². The number of anilines is 1. The molecule has 0 saturated heterocycles. The van der Waals surface area contributed by atoms with Gasteiger partial charge in [0, 0.05) is 51.7 Å². The first-order valence-corrected chi connectivity index (χ1v) is 11.6. The van der Waals surface area contributed by atoms with Gasteiger partial charge in [-0.25, -0.2) is 0 Å². The SMILES string of the molecule is Clc1ccc(C(CCNCCCNc2ccnc3cc(Cl)ccc23)c2ccccn2)cc1. The van der Waals surface area contributed by atoms with E-state index in [1.54, 1.807) is 0 Å². The Balaban J connectivity index is 1.26. The average molecular weight is 465 g/mol. The van der Waals surface area contributed by atoms with Gasteiger partial charge in [-0.3, -0.25) is 9.97 Å². The molecule has 2 N–H and O–H groups in total. The van der Waals surface area contributed by atoms with E-state index in [2.05, 4.69) is 38.8 Å². The maximum atomic E-state index is 6.08. The summed E-state index contributed by atoms with van der Waals surface area (Å²) in [4.78, 5) is 8.98. The number of pyridine rings is 2. The van der Waals surface area contributed by atoms with E-state index in [0.717, 1.165) is 59.8 Å². The molecule has 164 valence electrons. The molecule has 0 aliphatic rings. The molecule has 4 rings (SSSR count). The summed E-state index contributed by atoms with van der Waals surface area (Å²) in [5, 5.41) is 9.64. The van der Waals surface area contributed by atoms with Crippen LogP contribution in [0.15, 0.2) is 79.1 Å². The zero-order chi connectivity index (χ0) is 22.2. The third kappa shape index (κ3) is 5.98. The van der Waals surface area contributed by atoms with Gasteiger partial charge < -0.3 is 10.6 Å². The van der Waals surface area contributed by atoms with Crippen molar-refractivity contribution in [2.24, 2.45) is 0 Å². The summed E-state index contributed by atoms with van der Waals surface area (Å²) in [5.74, 6) is 0.245. The molecular formula is C26H26Cl2N4. The molecule has 0 bridgehead atoms. The number of aromatic nitrogens is 2. The topological polar surface area (TPSA) is 49.8 Å². The Morgan fingerprint density at radius 3 is 2.44 bits per heavy atom. The molecule has 32 heavy (non-hydrogen) atoms. The maximum absolute atomic E-state index is 6.08. The Labute approximate surface area is 199 Å². The molecule has 0 fully saturated rings. The quantitative estimate of drug-likeness (QED) is 0.261. The normalized spacial score (nSPS) is 12.1. The molecule has 2 heterocycles. The Bertz CT molecular complexity index is 1130. The van der Waals surface area contributed by atoms with Crippen molar-refractivity contribution in [3.63, 3.8) is 0 Å². The molecule has 1 atom stereocenters. The van der Waals surface area contributed by atoms with Crippen molar-refractivity contribution in [1.29, 1.82) is 0 Å². The van der Waals surface area contributed by atoms with Crippen LogP contribution in [0.1, 0.15) is 30.0 Å². The van der Waals surface area contributed by atoms with Gasteiger partial charge in [0.05, 0.1) is 5.52 Å². The molecule has 0 aliphatic heterocycles. The van der Waals surface area contributed by atoms with E-state index in [-0.39, 0.29) is 5.92 Å². The highest BCUT2D eigenvalue weighted by Gasteiger charge is 2.15. The summed E-state index contributed by atoms with van der Waals surface area (Å²) >= 11 is 12.2. The van der Waals surface area contributed by atoms with Crippen molar-refractivity contribution in [3.8, 4) is 0 Å². The van der Waals surface area contributed by atoms with Crippen LogP contribution in [-0.4, -0.2) is 29.6 Å². The van der Waals surface area contributed by atoms with Crippen LogP contribution in [0.4, 0.5) is 5.69 Å². The van der Waals surface area contributed by atoms with Crippen LogP contribution in [0.2, 0.25) is 10.0 Å². The van der Waals surface area contributed by atoms with Crippen molar-refractivity contribution in [1.82, 2.24) is 15.3 Å². The second-order valence-electron chi connectivity index (χ2n) is 7.70. The number of hydrogen-bond donors (Lipinski definition) is 2. The second-order valence-corrected chi connectivity index (χ2v) is 8.57. The number of rotatable bonds is 10. The van der Waals surface area contributed by atoms with Gasteiger partial charge in [-0.1, -0.05) is 41.4 Å². The number of nitrogens with zero attached hydrogens (tertiary/aromatic N) is 2. The lowest BCUT2D eigenvalue weighted by Gasteiger charge is -2.18. The zero-order valence-electron chi connectivity index (χ0n) is 17.8. The summed E-state index contributed by atoms with van der Waals surface area (Å²) in [6.07, 6.45) is 5.66. The third-order valence-corrected chi connectivity index (χ3v) is 5.96. The van der Waals surface area contributed by atoms with E-state index in [1.807, 2.05) is 60.9 Å². The summed E-state index contributed by atoms with van der Waals surface area (Å²) in [5.41, 5.74) is 4.32. The van der Waals surface area contributed by atoms with Gasteiger partial charge in [-0.2, -0.15) is 0 Å². The molecular weight excluding hydrogens is 439 g/mol. The van der Waals surface area contributed by atoms with Crippen LogP contribution >= 0.6 is 23.2 Å². The van der Waals surface area contributed by atoms with Crippen molar-refractivity contribution in [2.45, 2.75) is 18.8 Å². The van der Waals surface area contributed by atoms with Gasteiger partial charge in [0.25, 0.3) is 0 Å². The van der Waals surface area contributed by atoms with Gasteiger partial charge in [-0.15, -0.1) is 0 Å². The fraction of sp³-hybridized carbons (Fsp3) is 0.231. The summed E-state index contributed by atoms with van der Waals surface area (Å²) < 4.78 is 0. The summed E-state index contributed by atoms with van der Waals surface area (Å²) in [6.45, 7) is 2.74. The molecule has 0 spiro atoms. The third-order valence-electron chi connectivity index (χ3n) is 5.48. The van der Waals surface area contributed by atoms with Gasteiger partial charge in [0.1, 0.15) is 0 Å². The predicted octanol–water partition coefficient (Wildman–Crippen LogP) is 6.55. The monoisotopic (exact) mass is 464 g/mol. The van der Waals surface area contributed by atoms with E-state index >= 15 is 0 Å². The van der Waals surface area contributed by atoms with E-state index in [0.29, 0.717) is 5.02 Å². The summed E-state index contributed by atoms with van der Waals surface area (Å²) in [6, 6.07) is 22.0. The lowest BCUT2D eigenvalue weighted by Crippen LogP contribution is -2.21. The predicted molar refractivity (Wildman–Crippen MR) is 135 cm³/mol. The van der Waals surface area contributed by atoms with Crippen molar-refractivity contribution >= 4 is 39.8 Å². The Kier molecular flexibility index (Phi) is 7.94. The number of fused-ring (bicyclic) bond motifs is 1. The van der Waals surface area contributed by atoms with Crippen LogP contribution in [0, 0.1) is 0 Å². The molecule has 2 aromatic carbocycles. The number of nitrogens with one attached hydrogen (secondary N) is 2. The van der Waals surface area contributed by atoms with Crippen molar-refractivity contribution in [2.75, 3.05) is 25.0 Å². The van der Waals surface area contributed by atoms with Crippen molar-refractivity contribution < 1.29 is 0 Å². The van der Waals surface area contributed by atoms with Gasteiger partial charge in [0.15, 0.2) is 0 Å². The van der Waals surface area contributed by atoms with E-state index < -0.39 is 0 Å². The van der Waals surface area contributed by atoms with Crippen LogP contribution in [0.3, 0.4) is 0 Å². The van der Waals surface area contributed by atoms with Gasteiger partial charge >= 0.3 is 0 Å². The minimum Gasteiger partial charge on any atom is -0.384 e. The minimum absolute atomic E-state index is 0.245. The fourth-order valence-corrected chi connectivity index (χ4v) is 4.14. The fourth-order valence-electron chi connectivity index (χ4n) is 3.85. The first kappa shape index (κ1) is 22.5. The van der Waals surface area contributed by atoms with Crippen LogP contribution in [0.25, 0.3) is 10.9 Å². The van der Waals surface area contributed by atoms with Crippen LogP contribution in [0.5, 0.6) is 0 Å². The Morgan fingerprint density at radius 2 is 1.62 bits per heavy atom. The van der Waals surface area contributed by atoms with E-state index in [4.69, 9.17) is 23.2 Å². The Morgan fingerprint density at radius 1 is 0.781 bits per heavy atom. The molecule has 1 unspecified atom stereocenters. The number of benzene rings is 2. The highest BCUT2D eigenvalue weighted by Crippen LogP contribution is 2.27. The molecule has 4 nitrogen and oxygen atoms in total. The first-order valence-electron chi connectivity index (χ1n) is 10.9. The minimum atomic E-state index is 0.245. The molecule has 4 aromatic rings. The standard InChI is InChI=1S/C26H26Cl2N4/c27-20-7-5-19(6-8-20)22(24-4-1-2-14-30-24)11-16-29-13-3-15-31-25-12-17-32-26-18-21(28)9-10-23(25)26/h1-2,4-10,12,14,17-18,22,29H,3,11,13,15-16H2,(H,31,32). The molecule has 0 saturated carbocycles. The lowest BCUT2D eigenvalue weighted by atomic mass is 9.92. The smallest absolute Gasteiger partial charge is 0.0737 e. The molecule has 0 aliphatic carbocycles. The second kappa shape index (κ2) is 11.3. The molecule has 6 heteroatoms. The average Bonchev–Trinajstić information content (AvgIpc) is 2.82. The van der Waals surface area contributed by atoms with Crippen LogP contribution < -0.4 is 10.6 Å². The lowest BCUT2D eigenvalue weighted by molar-refractivity contribution is 0.595. The molecule has 0 amide bonds. The number of hydrogen-bond acceptors (Lipinski definition) is 4. The first-order chi connectivity index (χ1) is 15.7. The van der Waals surface area contributed by atoms with Gasteiger partial charge in [-0.05, 0) is 80.0 Å². The molecule has 2 aromatic heterocycles.